The first kappa shape index (κ1) is 23.0. The molecule has 0 saturated heterocycles. The van der Waals surface area contributed by atoms with Gasteiger partial charge in [-0.1, -0.05) is 65.8 Å². The van der Waals surface area contributed by atoms with E-state index in [-0.39, 0.29) is 16.2 Å². The van der Waals surface area contributed by atoms with E-state index < -0.39 is 0 Å². The van der Waals surface area contributed by atoms with Gasteiger partial charge in [-0.15, -0.1) is 0 Å². The van der Waals surface area contributed by atoms with E-state index >= 15 is 0 Å². The number of hydrogen-bond acceptors (Lipinski definition) is 2. The Bertz CT molecular complexity index is 1160. The topological polar surface area (TPSA) is 35.6 Å². The van der Waals surface area contributed by atoms with Gasteiger partial charge < -0.3 is 0 Å². The first-order chi connectivity index (χ1) is 15.4. The van der Waals surface area contributed by atoms with Gasteiger partial charge in [0.1, 0.15) is 0 Å². The second-order valence-electron chi connectivity index (χ2n) is 11.5. The van der Waals surface area contributed by atoms with Crippen LogP contribution in [0.25, 0.3) is 11.4 Å². The van der Waals surface area contributed by atoms with E-state index in [9.17, 15) is 0 Å². The van der Waals surface area contributed by atoms with Gasteiger partial charge in [-0.25, -0.2) is 9.36 Å². The van der Waals surface area contributed by atoms with Crippen molar-refractivity contribution < 1.29 is 0 Å². The van der Waals surface area contributed by atoms with E-state index in [0.29, 0.717) is 0 Å². The second-order valence-corrected chi connectivity index (χ2v) is 11.5. The van der Waals surface area contributed by atoms with Gasteiger partial charge in [-0.3, -0.25) is 0 Å². The molecule has 0 bridgehead atoms. The molecule has 0 saturated carbocycles. The summed E-state index contributed by atoms with van der Waals surface area (Å²) in [5, 5.41) is 9.90. The predicted molar refractivity (Wildman–Crippen MR) is 137 cm³/mol. The number of nitrogens with zero attached hydrogens (tertiary/aromatic N) is 4. The Hall–Kier alpha value is -3.14. The van der Waals surface area contributed by atoms with Crippen LogP contribution in [0.1, 0.15) is 77.9 Å². The average Bonchev–Trinajstić information content (AvgIpc) is 3.44. The van der Waals surface area contributed by atoms with Crippen LogP contribution in [0.4, 0.5) is 0 Å². The van der Waals surface area contributed by atoms with Crippen molar-refractivity contribution in [1.29, 1.82) is 0 Å². The van der Waals surface area contributed by atoms with Crippen LogP contribution < -0.4 is 0 Å². The van der Waals surface area contributed by atoms with Gasteiger partial charge in [0.2, 0.25) is 0 Å². The highest BCUT2D eigenvalue weighted by atomic mass is 15.3. The lowest BCUT2D eigenvalue weighted by molar-refractivity contribution is 0.574. The minimum Gasteiger partial charge on any atom is -0.241 e. The van der Waals surface area contributed by atoms with Crippen LogP contribution in [-0.4, -0.2) is 19.6 Å². The van der Waals surface area contributed by atoms with Crippen molar-refractivity contribution >= 4 is 0 Å². The molecule has 0 aliphatic carbocycles. The van der Waals surface area contributed by atoms with Crippen molar-refractivity contribution in [3.63, 3.8) is 0 Å². The molecule has 0 fully saturated rings. The molecular weight excluding hydrogens is 404 g/mol. The summed E-state index contributed by atoms with van der Waals surface area (Å²) in [5.74, 6) is 0. The molecule has 0 aliphatic heterocycles. The lowest BCUT2D eigenvalue weighted by Gasteiger charge is -2.21. The Morgan fingerprint density at radius 3 is 1.30 bits per heavy atom. The zero-order chi connectivity index (χ0) is 24.0. The maximum Gasteiger partial charge on any atom is 0.0745 e. The average molecular weight is 441 g/mol. The van der Waals surface area contributed by atoms with E-state index in [1.54, 1.807) is 0 Å². The van der Waals surface area contributed by atoms with Gasteiger partial charge >= 0.3 is 0 Å². The van der Waals surface area contributed by atoms with Crippen molar-refractivity contribution in [2.24, 2.45) is 0 Å². The zero-order valence-corrected chi connectivity index (χ0v) is 21.2. The SMILES string of the molecule is CC(C)(C)c1cccc(-n2ccc(C(C)(C)c3ccn(-c4cccc(C(C)(C)C)c4)n3)n2)c1. The Labute approximate surface area is 198 Å². The number of hydrogen-bond donors (Lipinski definition) is 0. The summed E-state index contributed by atoms with van der Waals surface area (Å²) in [6.45, 7) is 17.8. The molecule has 33 heavy (non-hydrogen) atoms. The van der Waals surface area contributed by atoms with Crippen LogP contribution in [0.5, 0.6) is 0 Å². The first-order valence-electron chi connectivity index (χ1n) is 11.7. The highest BCUT2D eigenvalue weighted by Crippen LogP contribution is 2.31. The van der Waals surface area contributed by atoms with Crippen LogP contribution in [0.15, 0.2) is 73.1 Å². The van der Waals surface area contributed by atoms with Crippen LogP contribution in [-0.2, 0) is 16.2 Å². The van der Waals surface area contributed by atoms with Crippen molar-refractivity contribution in [1.82, 2.24) is 19.6 Å². The van der Waals surface area contributed by atoms with E-state index in [4.69, 9.17) is 10.2 Å². The number of rotatable bonds is 4. The highest BCUT2D eigenvalue weighted by Gasteiger charge is 2.29. The summed E-state index contributed by atoms with van der Waals surface area (Å²) in [6, 6.07) is 21.4. The molecule has 2 aromatic carbocycles. The molecule has 0 atom stereocenters. The van der Waals surface area contributed by atoms with Gasteiger partial charge in [0.25, 0.3) is 0 Å². The van der Waals surface area contributed by atoms with E-state index in [1.807, 2.05) is 21.8 Å². The van der Waals surface area contributed by atoms with E-state index in [0.717, 1.165) is 22.8 Å². The molecule has 0 unspecified atom stereocenters. The molecule has 0 amide bonds. The van der Waals surface area contributed by atoms with Crippen LogP contribution in [0, 0.1) is 0 Å². The predicted octanol–water partition coefficient (Wildman–Crippen LogP) is 6.98. The summed E-state index contributed by atoms with van der Waals surface area (Å²) in [4.78, 5) is 0. The Balaban J connectivity index is 1.64. The van der Waals surface area contributed by atoms with Crippen molar-refractivity contribution in [3.05, 3.63) is 95.6 Å². The van der Waals surface area contributed by atoms with Crippen LogP contribution in [0.3, 0.4) is 0 Å². The Morgan fingerprint density at radius 1 is 0.545 bits per heavy atom. The molecule has 2 aromatic heterocycles. The molecule has 4 aromatic rings. The quantitative estimate of drug-likeness (QED) is 0.343. The summed E-state index contributed by atoms with van der Waals surface area (Å²) >= 11 is 0. The van der Waals surface area contributed by atoms with Gasteiger partial charge in [-0.05, 0) is 72.2 Å². The molecule has 0 spiro atoms. The summed E-state index contributed by atoms with van der Waals surface area (Å²) in [6.07, 6.45) is 4.09. The van der Waals surface area contributed by atoms with Crippen LogP contribution >= 0.6 is 0 Å². The van der Waals surface area contributed by atoms with Crippen LogP contribution in [0.2, 0.25) is 0 Å². The highest BCUT2D eigenvalue weighted by molar-refractivity contribution is 5.41. The lowest BCUT2D eigenvalue weighted by Crippen LogP contribution is -2.21. The number of aromatic nitrogens is 4. The molecule has 4 nitrogen and oxygen atoms in total. The van der Waals surface area contributed by atoms with E-state index in [2.05, 4.69) is 116 Å². The fourth-order valence-electron chi connectivity index (χ4n) is 3.96. The normalized spacial score (nSPS) is 12.8. The number of benzene rings is 2. The van der Waals surface area contributed by atoms with Gasteiger partial charge in [-0.2, -0.15) is 10.2 Å². The third-order valence-corrected chi connectivity index (χ3v) is 6.41. The summed E-state index contributed by atoms with van der Waals surface area (Å²) < 4.78 is 3.94. The molecule has 4 heteroatoms. The van der Waals surface area contributed by atoms with Crippen molar-refractivity contribution in [2.45, 2.75) is 71.6 Å². The zero-order valence-electron chi connectivity index (χ0n) is 21.2. The van der Waals surface area contributed by atoms with Gasteiger partial charge in [0.05, 0.1) is 28.2 Å². The minimum absolute atomic E-state index is 0.0996. The largest absolute Gasteiger partial charge is 0.241 e. The maximum absolute atomic E-state index is 4.95. The molecule has 0 radical (unpaired) electrons. The third kappa shape index (κ3) is 4.66. The van der Waals surface area contributed by atoms with Gasteiger partial charge in [0.15, 0.2) is 0 Å². The summed E-state index contributed by atoms with van der Waals surface area (Å²) in [5.41, 5.74) is 6.63. The maximum atomic E-state index is 4.95. The molecular formula is C29H36N4. The first-order valence-corrected chi connectivity index (χ1v) is 11.7. The Kier molecular flexibility index (Phi) is 5.60. The fraction of sp³-hybridized carbons (Fsp3) is 0.379. The van der Waals surface area contributed by atoms with Crippen molar-refractivity contribution in [2.75, 3.05) is 0 Å². The monoisotopic (exact) mass is 440 g/mol. The third-order valence-electron chi connectivity index (χ3n) is 6.41. The molecule has 172 valence electrons. The van der Waals surface area contributed by atoms with Crippen molar-refractivity contribution in [3.8, 4) is 11.4 Å². The molecule has 0 N–H and O–H groups in total. The Morgan fingerprint density at radius 2 is 0.939 bits per heavy atom. The molecule has 4 rings (SSSR count). The second kappa shape index (κ2) is 8.02. The van der Waals surface area contributed by atoms with E-state index in [1.165, 1.54) is 11.1 Å². The smallest absolute Gasteiger partial charge is 0.0745 e. The molecule has 0 aliphatic rings. The standard InChI is InChI=1S/C29H36N4/c1-27(2,3)21-11-9-13-23(19-21)32-17-15-25(30-32)29(7,8)26-16-18-33(31-26)24-14-10-12-22(20-24)28(4,5)6/h9-20H,1-8H3. The molecule has 2 heterocycles. The lowest BCUT2D eigenvalue weighted by atomic mass is 9.86. The summed E-state index contributed by atoms with van der Waals surface area (Å²) in [7, 11) is 0. The minimum atomic E-state index is -0.320. The fourth-order valence-corrected chi connectivity index (χ4v) is 3.96. The van der Waals surface area contributed by atoms with Gasteiger partial charge in [0, 0.05) is 12.4 Å².